The topological polar surface area (TPSA) is 66.4 Å². The Bertz CT molecular complexity index is 319. The molecule has 3 aliphatic rings. The molecule has 98 valence electrons. The van der Waals surface area contributed by atoms with Crippen molar-refractivity contribution in [3.8, 4) is 0 Å². The maximum absolute atomic E-state index is 10.3. The molecule has 1 unspecified atom stereocenters. The first-order chi connectivity index (χ1) is 7.92. The Labute approximate surface area is 99.7 Å². The summed E-state index contributed by atoms with van der Waals surface area (Å²) in [5.74, 6) is -1.88. The molecule has 6 nitrogen and oxygen atoms in total. The van der Waals surface area contributed by atoms with E-state index in [0.717, 1.165) is 0 Å². The van der Waals surface area contributed by atoms with Crippen LogP contribution in [0.2, 0.25) is 0 Å². The average molecular weight is 246 g/mol. The molecule has 1 N–H and O–H groups in total. The van der Waals surface area contributed by atoms with Gasteiger partial charge in [-0.25, -0.2) is 0 Å². The van der Waals surface area contributed by atoms with Crippen LogP contribution in [0.3, 0.4) is 0 Å². The molecule has 0 aliphatic carbocycles. The Morgan fingerprint density at radius 2 is 1.94 bits per heavy atom. The normalized spacial score (nSPS) is 52.9. The molecule has 5 atom stereocenters. The van der Waals surface area contributed by atoms with Crippen molar-refractivity contribution in [1.82, 2.24) is 0 Å². The van der Waals surface area contributed by atoms with Crippen molar-refractivity contribution in [1.29, 1.82) is 0 Å². The van der Waals surface area contributed by atoms with E-state index in [1.165, 1.54) is 0 Å². The Morgan fingerprint density at radius 1 is 1.18 bits per heavy atom. The van der Waals surface area contributed by atoms with Gasteiger partial charge in [0, 0.05) is 0 Å². The van der Waals surface area contributed by atoms with E-state index in [9.17, 15) is 5.11 Å². The first kappa shape index (κ1) is 11.8. The maximum Gasteiger partial charge on any atom is 0.224 e. The molecule has 3 rings (SSSR count). The van der Waals surface area contributed by atoms with E-state index in [2.05, 4.69) is 0 Å². The largest absolute Gasteiger partial charge is 0.385 e. The van der Waals surface area contributed by atoms with Crippen molar-refractivity contribution >= 4 is 0 Å². The fraction of sp³-hybridized carbons (Fsp3) is 1.00. The molecular formula is C11H18O6. The van der Waals surface area contributed by atoms with Crippen molar-refractivity contribution in [2.24, 2.45) is 0 Å². The highest BCUT2D eigenvalue weighted by Crippen LogP contribution is 2.41. The summed E-state index contributed by atoms with van der Waals surface area (Å²) < 4.78 is 27.8. The Kier molecular flexibility index (Phi) is 2.52. The number of ether oxygens (including phenoxy) is 5. The third-order valence-corrected chi connectivity index (χ3v) is 3.37. The lowest BCUT2D eigenvalue weighted by Gasteiger charge is -2.41. The standard InChI is InChI=1S/C11H18O6/c1-6-15-7-4-13-11(9(12)8(7)16-6)5-14-10(2,3)17-11/h6-9,12H,4-5H2,1-3H3/t6?,7-,8-,9+,11+/m1/s1. The number of hydrogen-bond donors (Lipinski definition) is 1. The van der Waals surface area contributed by atoms with Crippen molar-refractivity contribution in [2.75, 3.05) is 13.2 Å². The van der Waals surface area contributed by atoms with Gasteiger partial charge in [-0.1, -0.05) is 0 Å². The van der Waals surface area contributed by atoms with E-state index in [0.29, 0.717) is 6.61 Å². The molecule has 0 amide bonds. The number of aliphatic hydroxyl groups is 1. The first-order valence-corrected chi connectivity index (χ1v) is 5.89. The van der Waals surface area contributed by atoms with Crippen LogP contribution in [-0.4, -0.2) is 54.5 Å². The van der Waals surface area contributed by atoms with E-state index >= 15 is 0 Å². The van der Waals surface area contributed by atoms with Crippen molar-refractivity contribution in [3.63, 3.8) is 0 Å². The molecule has 6 heteroatoms. The third kappa shape index (κ3) is 1.80. The smallest absolute Gasteiger partial charge is 0.224 e. The molecular weight excluding hydrogens is 228 g/mol. The molecule has 0 aromatic carbocycles. The zero-order chi connectivity index (χ0) is 12.3. The van der Waals surface area contributed by atoms with Gasteiger partial charge >= 0.3 is 0 Å². The van der Waals surface area contributed by atoms with Gasteiger partial charge in [0.25, 0.3) is 0 Å². The molecule has 1 spiro atoms. The van der Waals surface area contributed by atoms with Crippen LogP contribution in [-0.2, 0) is 23.7 Å². The summed E-state index contributed by atoms with van der Waals surface area (Å²) in [6.45, 7) is 5.92. The molecule has 3 heterocycles. The zero-order valence-electron chi connectivity index (χ0n) is 10.2. The molecule has 3 fully saturated rings. The molecule has 0 bridgehead atoms. The molecule has 0 aromatic rings. The fourth-order valence-corrected chi connectivity index (χ4v) is 2.60. The van der Waals surface area contributed by atoms with E-state index in [1.54, 1.807) is 20.8 Å². The summed E-state index contributed by atoms with van der Waals surface area (Å²) in [7, 11) is 0. The van der Waals surface area contributed by atoms with Crippen LogP contribution < -0.4 is 0 Å². The number of aliphatic hydroxyl groups excluding tert-OH is 1. The number of fused-ring (bicyclic) bond motifs is 1. The van der Waals surface area contributed by atoms with E-state index in [-0.39, 0.29) is 19.0 Å². The second kappa shape index (κ2) is 3.63. The highest BCUT2D eigenvalue weighted by Gasteiger charge is 2.60. The molecule has 17 heavy (non-hydrogen) atoms. The summed E-state index contributed by atoms with van der Waals surface area (Å²) in [5, 5.41) is 10.3. The fourth-order valence-electron chi connectivity index (χ4n) is 2.60. The lowest BCUT2D eigenvalue weighted by atomic mass is 9.97. The highest BCUT2D eigenvalue weighted by atomic mass is 16.9. The lowest BCUT2D eigenvalue weighted by Crippen LogP contribution is -2.61. The molecule has 0 saturated carbocycles. The molecule has 0 aromatic heterocycles. The average Bonchev–Trinajstić information content (AvgIpc) is 2.75. The van der Waals surface area contributed by atoms with Gasteiger partial charge in [0.15, 0.2) is 12.1 Å². The van der Waals surface area contributed by atoms with Crippen LogP contribution in [0.25, 0.3) is 0 Å². The highest BCUT2D eigenvalue weighted by molar-refractivity contribution is 4.99. The van der Waals surface area contributed by atoms with Gasteiger partial charge in [-0.15, -0.1) is 0 Å². The van der Waals surface area contributed by atoms with E-state index < -0.39 is 23.8 Å². The predicted octanol–water partition coefficient (Wildman–Crippen LogP) is -0.0133. The predicted molar refractivity (Wildman–Crippen MR) is 55.0 cm³/mol. The maximum atomic E-state index is 10.3. The van der Waals surface area contributed by atoms with Gasteiger partial charge in [0.2, 0.25) is 5.79 Å². The lowest BCUT2D eigenvalue weighted by molar-refractivity contribution is -0.326. The molecule has 3 aliphatic heterocycles. The van der Waals surface area contributed by atoms with Crippen LogP contribution in [0.4, 0.5) is 0 Å². The SMILES string of the molecule is CC1O[C@@H]2[C@@H](CO[C@]3(COC(C)(C)O3)[C@H]2O)O1. The zero-order valence-corrected chi connectivity index (χ0v) is 10.2. The van der Waals surface area contributed by atoms with Gasteiger partial charge in [0.05, 0.1) is 6.61 Å². The molecule has 3 saturated heterocycles. The van der Waals surface area contributed by atoms with Crippen LogP contribution in [0.15, 0.2) is 0 Å². The Hall–Kier alpha value is -0.240. The first-order valence-electron chi connectivity index (χ1n) is 5.89. The minimum atomic E-state index is -1.13. The van der Waals surface area contributed by atoms with E-state index in [4.69, 9.17) is 23.7 Å². The molecule has 0 radical (unpaired) electrons. The second-order valence-corrected chi connectivity index (χ2v) is 5.20. The summed E-state index contributed by atoms with van der Waals surface area (Å²) >= 11 is 0. The second-order valence-electron chi connectivity index (χ2n) is 5.20. The summed E-state index contributed by atoms with van der Waals surface area (Å²) in [4.78, 5) is 0. The van der Waals surface area contributed by atoms with Gasteiger partial charge in [-0.2, -0.15) is 0 Å². The number of hydrogen-bond acceptors (Lipinski definition) is 6. The summed E-state index contributed by atoms with van der Waals surface area (Å²) in [5.41, 5.74) is 0. The van der Waals surface area contributed by atoms with Gasteiger partial charge in [-0.05, 0) is 20.8 Å². The Morgan fingerprint density at radius 3 is 2.59 bits per heavy atom. The minimum Gasteiger partial charge on any atom is -0.385 e. The van der Waals surface area contributed by atoms with Crippen molar-refractivity contribution < 1.29 is 28.8 Å². The Balaban J connectivity index is 1.81. The van der Waals surface area contributed by atoms with Crippen LogP contribution in [0, 0.1) is 0 Å². The monoisotopic (exact) mass is 246 g/mol. The summed E-state index contributed by atoms with van der Waals surface area (Å²) in [6, 6.07) is 0. The van der Waals surface area contributed by atoms with Crippen LogP contribution in [0.5, 0.6) is 0 Å². The van der Waals surface area contributed by atoms with Crippen LogP contribution in [0.1, 0.15) is 20.8 Å². The van der Waals surface area contributed by atoms with E-state index in [1.807, 2.05) is 0 Å². The minimum absolute atomic E-state index is 0.197. The van der Waals surface area contributed by atoms with Gasteiger partial charge in [0.1, 0.15) is 24.9 Å². The van der Waals surface area contributed by atoms with Gasteiger partial charge < -0.3 is 28.8 Å². The quantitative estimate of drug-likeness (QED) is 0.648. The third-order valence-electron chi connectivity index (χ3n) is 3.37. The number of rotatable bonds is 0. The van der Waals surface area contributed by atoms with Crippen LogP contribution >= 0.6 is 0 Å². The van der Waals surface area contributed by atoms with Crippen molar-refractivity contribution in [2.45, 2.75) is 56.9 Å². The van der Waals surface area contributed by atoms with Crippen molar-refractivity contribution in [3.05, 3.63) is 0 Å². The van der Waals surface area contributed by atoms with Gasteiger partial charge in [-0.3, -0.25) is 0 Å². The summed E-state index contributed by atoms with van der Waals surface area (Å²) in [6.07, 6.45) is -1.89.